The number of hydrogen-bond donors (Lipinski definition) is 1. The van der Waals surface area contributed by atoms with E-state index in [0.717, 1.165) is 41.5 Å². The number of aromatic nitrogens is 2. The number of rotatable bonds is 3. The van der Waals surface area contributed by atoms with Crippen LogP contribution in [0.4, 0.5) is 5.82 Å². The first kappa shape index (κ1) is 15.1. The second kappa shape index (κ2) is 5.87. The van der Waals surface area contributed by atoms with Crippen LogP contribution in [0.1, 0.15) is 11.1 Å². The number of nitrogens with one attached hydrogen (secondary N) is 1. The maximum Gasteiger partial charge on any atom is 0.133 e. The first-order valence-corrected chi connectivity index (χ1v) is 8.32. The molecule has 4 rings (SSSR count). The zero-order valence-corrected chi connectivity index (χ0v) is 14.4. The lowest BCUT2D eigenvalue weighted by Gasteiger charge is -2.08. The highest BCUT2D eigenvalue weighted by Gasteiger charge is 2.25. The summed E-state index contributed by atoms with van der Waals surface area (Å²) < 4.78 is 7.49. The van der Waals surface area contributed by atoms with Gasteiger partial charge in [-0.2, -0.15) is 5.10 Å². The standard InChI is InChI=1S/C19H18ClN3O/c1-12-3-6-14(7-4-12)23-19-15(9-10-21-19)18(22-23)16-11-13(20)5-8-17(16)24-2/h3-8,11,21H,9-10H2,1-2H3. The van der Waals surface area contributed by atoms with E-state index in [1.54, 1.807) is 7.11 Å². The van der Waals surface area contributed by atoms with E-state index in [-0.39, 0.29) is 0 Å². The number of hydrogen-bond acceptors (Lipinski definition) is 3. The summed E-state index contributed by atoms with van der Waals surface area (Å²) in [5.41, 5.74) is 5.33. The van der Waals surface area contributed by atoms with Gasteiger partial charge in [0.05, 0.1) is 12.8 Å². The molecule has 1 aromatic heterocycles. The molecule has 0 fully saturated rings. The summed E-state index contributed by atoms with van der Waals surface area (Å²) in [7, 11) is 1.67. The summed E-state index contributed by atoms with van der Waals surface area (Å²) in [4.78, 5) is 0. The fraction of sp³-hybridized carbons (Fsp3) is 0.211. The van der Waals surface area contributed by atoms with E-state index in [2.05, 4.69) is 36.5 Å². The molecule has 0 amide bonds. The van der Waals surface area contributed by atoms with E-state index in [4.69, 9.17) is 21.4 Å². The van der Waals surface area contributed by atoms with Crippen molar-refractivity contribution in [3.8, 4) is 22.7 Å². The van der Waals surface area contributed by atoms with Gasteiger partial charge in [-0.3, -0.25) is 0 Å². The molecule has 24 heavy (non-hydrogen) atoms. The Bertz CT molecular complexity index is 900. The van der Waals surface area contributed by atoms with E-state index < -0.39 is 0 Å². The van der Waals surface area contributed by atoms with Crippen LogP contribution in [0, 0.1) is 6.92 Å². The molecule has 4 nitrogen and oxygen atoms in total. The minimum Gasteiger partial charge on any atom is -0.496 e. The van der Waals surface area contributed by atoms with Gasteiger partial charge in [-0.25, -0.2) is 4.68 Å². The Labute approximate surface area is 146 Å². The van der Waals surface area contributed by atoms with Crippen molar-refractivity contribution in [2.75, 3.05) is 19.0 Å². The predicted molar refractivity (Wildman–Crippen MR) is 97.5 cm³/mol. The Morgan fingerprint density at radius 3 is 2.71 bits per heavy atom. The number of aryl methyl sites for hydroxylation is 1. The fourth-order valence-corrected chi connectivity index (χ4v) is 3.30. The lowest BCUT2D eigenvalue weighted by molar-refractivity contribution is 0.416. The molecule has 1 aliphatic rings. The van der Waals surface area contributed by atoms with Crippen LogP contribution in [-0.2, 0) is 6.42 Å². The third-order valence-corrected chi connectivity index (χ3v) is 4.58. The summed E-state index contributed by atoms with van der Waals surface area (Å²) in [6.07, 6.45) is 0.937. The first-order chi connectivity index (χ1) is 11.7. The number of methoxy groups -OCH3 is 1. The van der Waals surface area contributed by atoms with Crippen molar-refractivity contribution in [2.45, 2.75) is 13.3 Å². The van der Waals surface area contributed by atoms with Crippen molar-refractivity contribution >= 4 is 17.4 Å². The van der Waals surface area contributed by atoms with Crippen molar-refractivity contribution in [3.63, 3.8) is 0 Å². The van der Waals surface area contributed by atoms with Crippen molar-refractivity contribution in [2.24, 2.45) is 0 Å². The molecule has 5 heteroatoms. The van der Waals surface area contributed by atoms with Gasteiger partial charge < -0.3 is 10.1 Å². The Morgan fingerprint density at radius 2 is 1.96 bits per heavy atom. The van der Waals surface area contributed by atoms with Gasteiger partial charge >= 0.3 is 0 Å². The third-order valence-electron chi connectivity index (χ3n) is 4.35. The average molecular weight is 340 g/mol. The van der Waals surface area contributed by atoms with Crippen LogP contribution in [0.2, 0.25) is 5.02 Å². The molecule has 0 atom stereocenters. The SMILES string of the molecule is COc1ccc(Cl)cc1-c1nn(-c2ccc(C)cc2)c2c1CCN2. The fourth-order valence-electron chi connectivity index (χ4n) is 3.13. The summed E-state index contributed by atoms with van der Waals surface area (Å²) in [6, 6.07) is 14.0. The maximum absolute atomic E-state index is 6.21. The van der Waals surface area contributed by atoms with Gasteiger partial charge in [0.25, 0.3) is 0 Å². The minimum absolute atomic E-state index is 0.676. The highest BCUT2D eigenvalue weighted by molar-refractivity contribution is 6.31. The van der Waals surface area contributed by atoms with E-state index in [0.29, 0.717) is 5.02 Å². The molecule has 2 heterocycles. The largest absolute Gasteiger partial charge is 0.496 e. The van der Waals surface area contributed by atoms with Crippen LogP contribution in [0.15, 0.2) is 42.5 Å². The molecule has 0 saturated carbocycles. The van der Waals surface area contributed by atoms with Crippen molar-refractivity contribution < 1.29 is 4.74 Å². The Kier molecular flexibility index (Phi) is 3.69. The van der Waals surface area contributed by atoms with Gasteiger partial charge in [0.1, 0.15) is 17.3 Å². The van der Waals surface area contributed by atoms with Crippen LogP contribution in [-0.4, -0.2) is 23.4 Å². The second-order valence-corrected chi connectivity index (χ2v) is 6.38. The molecule has 0 unspecified atom stereocenters. The monoisotopic (exact) mass is 339 g/mol. The smallest absolute Gasteiger partial charge is 0.133 e. The molecule has 3 aromatic rings. The molecule has 0 saturated heterocycles. The minimum atomic E-state index is 0.676. The van der Waals surface area contributed by atoms with E-state index in [9.17, 15) is 0 Å². The molecule has 0 aliphatic carbocycles. The van der Waals surface area contributed by atoms with Crippen LogP contribution in [0.3, 0.4) is 0 Å². The quantitative estimate of drug-likeness (QED) is 0.764. The lowest BCUT2D eigenvalue weighted by Crippen LogP contribution is -2.04. The molecule has 0 radical (unpaired) electrons. The highest BCUT2D eigenvalue weighted by Crippen LogP contribution is 2.39. The van der Waals surface area contributed by atoms with Gasteiger partial charge in [0, 0.05) is 22.7 Å². The lowest BCUT2D eigenvalue weighted by atomic mass is 10.1. The zero-order valence-electron chi connectivity index (χ0n) is 13.6. The Balaban J connectivity index is 1.91. The number of halogens is 1. The highest BCUT2D eigenvalue weighted by atomic mass is 35.5. The molecule has 0 spiro atoms. The van der Waals surface area contributed by atoms with E-state index in [1.807, 2.05) is 22.9 Å². The number of nitrogens with zero attached hydrogens (tertiary/aromatic N) is 2. The molecule has 1 N–H and O–H groups in total. The topological polar surface area (TPSA) is 39.1 Å². The normalized spacial score (nSPS) is 12.8. The zero-order chi connectivity index (χ0) is 16.7. The third kappa shape index (κ3) is 2.43. The summed E-state index contributed by atoms with van der Waals surface area (Å²) in [5.74, 6) is 1.83. The maximum atomic E-state index is 6.21. The molecule has 1 aliphatic heterocycles. The average Bonchev–Trinajstić information content (AvgIpc) is 3.18. The van der Waals surface area contributed by atoms with Crippen LogP contribution >= 0.6 is 11.6 Å². The Morgan fingerprint density at radius 1 is 1.17 bits per heavy atom. The first-order valence-electron chi connectivity index (χ1n) is 7.94. The predicted octanol–water partition coefficient (Wildman–Crippen LogP) is 4.48. The molecule has 0 bridgehead atoms. The summed E-state index contributed by atoms with van der Waals surface area (Å²) in [5, 5.41) is 8.99. The van der Waals surface area contributed by atoms with Crippen molar-refractivity contribution in [1.29, 1.82) is 0 Å². The van der Waals surface area contributed by atoms with Crippen LogP contribution in [0.5, 0.6) is 5.75 Å². The number of ether oxygens (including phenoxy) is 1. The van der Waals surface area contributed by atoms with Crippen LogP contribution in [0.25, 0.3) is 16.9 Å². The molecule has 2 aromatic carbocycles. The van der Waals surface area contributed by atoms with E-state index >= 15 is 0 Å². The molecular formula is C19H18ClN3O. The van der Waals surface area contributed by atoms with Gasteiger partial charge in [0.15, 0.2) is 0 Å². The number of benzene rings is 2. The van der Waals surface area contributed by atoms with Crippen molar-refractivity contribution in [3.05, 3.63) is 58.6 Å². The van der Waals surface area contributed by atoms with Gasteiger partial charge in [-0.1, -0.05) is 29.3 Å². The van der Waals surface area contributed by atoms with Gasteiger partial charge in [-0.15, -0.1) is 0 Å². The van der Waals surface area contributed by atoms with Gasteiger partial charge in [-0.05, 0) is 43.7 Å². The van der Waals surface area contributed by atoms with Crippen molar-refractivity contribution in [1.82, 2.24) is 9.78 Å². The molecule has 122 valence electrons. The number of fused-ring (bicyclic) bond motifs is 1. The van der Waals surface area contributed by atoms with Crippen LogP contribution < -0.4 is 10.1 Å². The number of anilines is 1. The summed E-state index contributed by atoms with van der Waals surface area (Å²) >= 11 is 6.21. The second-order valence-electron chi connectivity index (χ2n) is 5.94. The van der Waals surface area contributed by atoms with Gasteiger partial charge in [0.2, 0.25) is 0 Å². The summed E-state index contributed by atoms with van der Waals surface area (Å²) in [6.45, 7) is 2.99. The molecular weight excluding hydrogens is 322 g/mol. The van der Waals surface area contributed by atoms with E-state index in [1.165, 1.54) is 11.1 Å². The Hall–Kier alpha value is -2.46.